The van der Waals surface area contributed by atoms with Crippen molar-refractivity contribution in [2.75, 3.05) is 18.2 Å². The minimum atomic E-state index is -3.17. The molecule has 166 valence electrons. The number of ether oxygens (including phenoxy) is 1. The summed E-state index contributed by atoms with van der Waals surface area (Å²) in [5, 5.41) is 8.85. The van der Waals surface area contributed by atoms with Crippen LogP contribution in [0.1, 0.15) is 39.0 Å². The van der Waals surface area contributed by atoms with Gasteiger partial charge in [-0.3, -0.25) is 0 Å². The smallest absolute Gasteiger partial charge is 0.224 e. The Balaban J connectivity index is 1.47. The van der Waals surface area contributed by atoms with E-state index in [9.17, 15) is 8.42 Å². The van der Waals surface area contributed by atoms with Gasteiger partial charge >= 0.3 is 0 Å². The second-order valence-corrected chi connectivity index (χ2v) is 9.70. The van der Waals surface area contributed by atoms with Crippen LogP contribution >= 0.6 is 0 Å². The SMILES string of the molecule is CCCOc1cccc2c1cnn2-c1ccnc(NC2CCC(NS(C)(=O)=O)CC2)n1. The van der Waals surface area contributed by atoms with Crippen LogP contribution in [-0.2, 0) is 10.0 Å². The zero-order valence-electron chi connectivity index (χ0n) is 17.8. The molecule has 3 aromatic rings. The van der Waals surface area contributed by atoms with E-state index in [2.05, 4.69) is 32.0 Å². The van der Waals surface area contributed by atoms with Crippen LogP contribution in [0.25, 0.3) is 16.7 Å². The molecule has 0 radical (unpaired) electrons. The molecule has 1 fully saturated rings. The summed E-state index contributed by atoms with van der Waals surface area (Å²) in [6.07, 6.45) is 8.93. The van der Waals surface area contributed by atoms with Crippen molar-refractivity contribution in [3.63, 3.8) is 0 Å². The van der Waals surface area contributed by atoms with E-state index < -0.39 is 10.0 Å². The molecule has 0 saturated heterocycles. The van der Waals surface area contributed by atoms with E-state index in [1.165, 1.54) is 6.26 Å². The fourth-order valence-corrected chi connectivity index (χ4v) is 4.76. The van der Waals surface area contributed by atoms with Crippen LogP contribution in [0.3, 0.4) is 0 Å². The zero-order chi connectivity index (χ0) is 21.8. The molecule has 10 heteroatoms. The van der Waals surface area contributed by atoms with Crippen molar-refractivity contribution < 1.29 is 13.2 Å². The molecule has 4 rings (SSSR count). The minimum Gasteiger partial charge on any atom is -0.493 e. The van der Waals surface area contributed by atoms with Gasteiger partial charge in [-0.25, -0.2) is 22.8 Å². The monoisotopic (exact) mass is 444 g/mol. The summed E-state index contributed by atoms with van der Waals surface area (Å²) in [5.41, 5.74) is 0.922. The number of nitrogens with zero attached hydrogens (tertiary/aromatic N) is 4. The molecule has 2 aromatic heterocycles. The summed E-state index contributed by atoms with van der Waals surface area (Å²) in [4.78, 5) is 9.02. The zero-order valence-corrected chi connectivity index (χ0v) is 18.6. The lowest BCUT2D eigenvalue weighted by Gasteiger charge is -2.29. The van der Waals surface area contributed by atoms with Crippen molar-refractivity contribution in [3.05, 3.63) is 36.7 Å². The van der Waals surface area contributed by atoms with Crippen LogP contribution in [0.15, 0.2) is 36.7 Å². The number of fused-ring (bicyclic) bond motifs is 1. The quantitative estimate of drug-likeness (QED) is 0.549. The molecule has 9 nitrogen and oxygen atoms in total. The summed E-state index contributed by atoms with van der Waals surface area (Å²) >= 11 is 0. The second kappa shape index (κ2) is 9.19. The first-order chi connectivity index (χ1) is 14.9. The van der Waals surface area contributed by atoms with Crippen LogP contribution in [0, 0.1) is 0 Å². The maximum atomic E-state index is 11.4. The summed E-state index contributed by atoms with van der Waals surface area (Å²) in [7, 11) is -3.17. The van der Waals surface area contributed by atoms with Crippen molar-refractivity contribution in [2.45, 2.75) is 51.1 Å². The van der Waals surface area contributed by atoms with E-state index in [1.807, 2.05) is 24.3 Å². The van der Waals surface area contributed by atoms with Gasteiger partial charge in [-0.05, 0) is 44.2 Å². The fourth-order valence-electron chi connectivity index (χ4n) is 3.92. The summed E-state index contributed by atoms with van der Waals surface area (Å²) < 4.78 is 33.2. The van der Waals surface area contributed by atoms with Crippen molar-refractivity contribution in [1.29, 1.82) is 0 Å². The van der Waals surface area contributed by atoms with Gasteiger partial charge in [0.2, 0.25) is 16.0 Å². The first-order valence-corrected chi connectivity index (χ1v) is 12.5. The van der Waals surface area contributed by atoms with E-state index in [-0.39, 0.29) is 12.1 Å². The number of hydrogen-bond donors (Lipinski definition) is 2. The van der Waals surface area contributed by atoms with Gasteiger partial charge in [-0.1, -0.05) is 13.0 Å². The molecule has 2 N–H and O–H groups in total. The standard InChI is InChI=1S/C21H28N6O3S/c1-3-13-30-19-6-4-5-18-17(19)14-23-27(18)20-11-12-22-21(25-20)24-15-7-9-16(10-8-15)26-31(2,28)29/h4-6,11-12,14-16,26H,3,7-10,13H2,1-2H3,(H,22,24,25). The molecule has 1 aliphatic carbocycles. The maximum absolute atomic E-state index is 11.4. The largest absolute Gasteiger partial charge is 0.493 e. The Kier molecular flexibility index (Phi) is 6.38. The van der Waals surface area contributed by atoms with Gasteiger partial charge in [0.05, 0.1) is 30.0 Å². The summed E-state index contributed by atoms with van der Waals surface area (Å²) in [6.45, 7) is 2.74. The Bertz CT molecular complexity index is 1140. The first-order valence-electron chi connectivity index (χ1n) is 10.6. The minimum absolute atomic E-state index is 0.000126. The van der Waals surface area contributed by atoms with E-state index in [0.717, 1.165) is 48.8 Å². The van der Waals surface area contributed by atoms with Crippen LogP contribution in [0.5, 0.6) is 5.75 Å². The van der Waals surface area contributed by atoms with Gasteiger partial charge in [0.1, 0.15) is 5.75 Å². The van der Waals surface area contributed by atoms with Gasteiger partial charge in [0, 0.05) is 24.3 Å². The van der Waals surface area contributed by atoms with Gasteiger partial charge in [-0.2, -0.15) is 10.1 Å². The number of anilines is 1. The summed E-state index contributed by atoms with van der Waals surface area (Å²) in [6, 6.07) is 7.92. The van der Waals surface area contributed by atoms with Gasteiger partial charge in [-0.15, -0.1) is 0 Å². The number of rotatable bonds is 8. The van der Waals surface area contributed by atoms with Crippen LogP contribution in [0.2, 0.25) is 0 Å². The molecule has 0 bridgehead atoms. The lowest BCUT2D eigenvalue weighted by molar-refractivity contribution is 0.321. The van der Waals surface area contributed by atoms with Crippen molar-refractivity contribution in [3.8, 4) is 11.6 Å². The average Bonchev–Trinajstić information content (AvgIpc) is 3.18. The molecule has 0 spiro atoms. The maximum Gasteiger partial charge on any atom is 0.224 e. The van der Waals surface area contributed by atoms with Gasteiger partial charge in [0.25, 0.3) is 0 Å². The Labute approximate surface area is 182 Å². The topological polar surface area (TPSA) is 111 Å². The molecule has 1 aliphatic rings. The van der Waals surface area contributed by atoms with Crippen molar-refractivity contribution in [1.82, 2.24) is 24.5 Å². The predicted molar refractivity (Wildman–Crippen MR) is 120 cm³/mol. The molecule has 1 saturated carbocycles. The lowest BCUT2D eigenvalue weighted by atomic mass is 9.92. The molecule has 0 aliphatic heterocycles. The first kappa shape index (κ1) is 21.5. The lowest BCUT2D eigenvalue weighted by Crippen LogP contribution is -2.39. The highest BCUT2D eigenvalue weighted by Gasteiger charge is 2.23. The van der Waals surface area contributed by atoms with E-state index in [4.69, 9.17) is 4.74 Å². The Morgan fingerprint density at radius 1 is 1.16 bits per heavy atom. The van der Waals surface area contributed by atoms with E-state index >= 15 is 0 Å². The highest BCUT2D eigenvalue weighted by Crippen LogP contribution is 2.27. The number of sulfonamides is 1. The van der Waals surface area contributed by atoms with Gasteiger partial charge in [0.15, 0.2) is 5.82 Å². The van der Waals surface area contributed by atoms with E-state index in [0.29, 0.717) is 18.4 Å². The molecule has 31 heavy (non-hydrogen) atoms. The molecule has 0 atom stereocenters. The number of aromatic nitrogens is 4. The third kappa shape index (κ3) is 5.31. The van der Waals surface area contributed by atoms with E-state index in [1.54, 1.807) is 17.1 Å². The van der Waals surface area contributed by atoms with Gasteiger partial charge < -0.3 is 10.1 Å². The van der Waals surface area contributed by atoms with Crippen LogP contribution < -0.4 is 14.8 Å². The third-order valence-corrected chi connectivity index (χ3v) is 6.10. The number of hydrogen-bond acceptors (Lipinski definition) is 7. The Morgan fingerprint density at radius 3 is 2.68 bits per heavy atom. The molecular weight excluding hydrogens is 416 g/mol. The van der Waals surface area contributed by atoms with Crippen molar-refractivity contribution in [2.24, 2.45) is 0 Å². The number of nitrogens with one attached hydrogen (secondary N) is 2. The number of benzene rings is 1. The summed E-state index contributed by atoms with van der Waals surface area (Å²) in [5.74, 6) is 2.03. The highest BCUT2D eigenvalue weighted by molar-refractivity contribution is 7.88. The molecule has 1 aromatic carbocycles. The second-order valence-electron chi connectivity index (χ2n) is 7.92. The highest BCUT2D eigenvalue weighted by atomic mass is 32.2. The fraction of sp³-hybridized carbons (Fsp3) is 0.476. The predicted octanol–water partition coefficient (Wildman–Crippen LogP) is 2.88. The molecule has 0 amide bonds. The van der Waals surface area contributed by atoms with Crippen molar-refractivity contribution >= 4 is 26.9 Å². The molecular formula is C21H28N6O3S. The average molecular weight is 445 g/mol. The Morgan fingerprint density at radius 2 is 1.94 bits per heavy atom. The Hall–Kier alpha value is -2.72. The molecule has 0 unspecified atom stereocenters. The molecule has 2 heterocycles. The van der Waals surface area contributed by atoms with Crippen LogP contribution in [-0.4, -0.2) is 53.1 Å². The third-order valence-electron chi connectivity index (χ3n) is 5.33. The normalized spacial score (nSPS) is 19.4. The van der Waals surface area contributed by atoms with Crippen LogP contribution in [0.4, 0.5) is 5.95 Å².